The number of carbonyl (C=O) groups is 3. The number of hydrogen-bond acceptors (Lipinski definition) is 6. The summed E-state index contributed by atoms with van der Waals surface area (Å²) in [5.41, 5.74) is 4.61. The molecular formula is C28H27N5O5. The summed E-state index contributed by atoms with van der Waals surface area (Å²) in [6.07, 6.45) is 0.148. The maximum atomic E-state index is 13.2. The molecule has 1 atom stereocenters. The molecule has 0 unspecified atom stereocenters. The fraction of sp³-hybridized carbons (Fsp3) is 0.286. The van der Waals surface area contributed by atoms with E-state index in [1.807, 2.05) is 55.9 Å². The van der Waals surface area contributed by atoms with Crippen LogP contribution >= 0.6 is 0 Å². The van der Waals surface area contributed by atoms with Crippen molar-refractivity contribution in [3.05, 3.63) is 70.7 Å². The normalized spacial score (nSPS) is 18.7. The van der Waals surface area contributed by atoms with Crippen molar-refractivity contribution < 1.29 is 23.5 Å². The maximum absolute atomic E-state index is 13.2. The first-order valence-corrected chi connectivity index (χ1v) is 12.3. The van der Waals surface area contributed by atoms with E-state index in [4.69, 9.17) is 9.15 Å². The third-order valence-corrected chi connectivity index (χ3v) is 7.63. The van der Waals surface area contributed by atoms with Crippen LogP contribution in [0.25, 0.3) is 22.1 Å². The topological polar surface area (TPSA) is 119 Å². The van der Waals surface area contributed by atoms with Gasteiger partial charge < -0.3 is 19.4 Å². The van der Waals surface area contributed by atoms with Gasteiger partial charge in [0.05, 0.1) is 12.8 Å². The predicted octanol–water partition coefficient (Wildman–Crippen LogP) is 3.54. The molecule has 1 saturated heterocycles. The summed E-state index contributed by atoms with van der Waals surface area (Å²) in [7, 11) is 3.46. The Balaban J connectivity index is 1.32. The first-order chi connectivity index (χ1) is 18.2. The monoisotopic (exact) mass is 513 g/mol. The Morgan fingerprint density at radius 3 is 2.61 bits per heavy atom. The second kappa shape index (κ2) is 8.47. The number of amides is 4. The van der Waals surface area contributed by atoms with E-state index < -0.39 is 17.5 Å². The SMILES string of the molecule is COc1ccc2c(c1)C(=O)N(CC[C@@]1(c3cc4cc(-c5c(C)nn(C)c5C)ccc4o3)NC(=O)NC1=O)C2. The van der Waals surface area contributed by atoms with Crippen LogP contribution in [-0.4, -0.2) is 46.2 Å². The van der Waals surface area contributed by atoms with Crippen molar-refractivity contribution in [2.24, 2.45) is 7.05 Å². The van der Waals surface area contributed by atoms with Gasteiger partial charge >= 0.3 is 6.03 Å². The number of benzene rings is 2. The number of furan rings is 1. The van der Waals surface area contributed by atoms with Crippen LogP contribution in [-0.2, 0) is 23.9 Å². The first-order valence-electron chi connectivity index (χ1n) is 12.3. The largest absolute Gasteiger partial charge is 0.497 e. The molecule has 0 aliphatic carbocycles. The quantitative estimate of drug-likeness (QED) is 0.381. The van der Waals surface area contributed by atoms with Gasteiger partial charge in [-0.1, -0.05) is 12.1 Å². The van der Waals surface area contributed by atoms with Gasteiger partial charge in [0.15, 0.2) is 5.54 Å². The van der Waals surface area contributed by atoms with E-state index in [2.05, 4.69) is 15.7 Å². The lowest BCUT2D eigenvalue weighted by atomic mass is 9.91. The molecule has 0 radical (unpaired) electrons. The Hall–Kier alpha value is -4.60. The lowest BCUT2D eigenvalue weighted by Gasteiger charge is -2.26. The Kier molecular flexibility index (Phi) is 5.30. The molecule has 10 nitrogen and oxygen atoms in total. The number of urea groups is 1. The molecule has 2 aromatic carbocycles. The molecular weight excluding hydrogens is 486 g/mol. The number of aryl methyl sites for hydroxylation is 2. The Morgan fingerprint density at radius 2 is 1.92 bits per heavy atom. The molecule has 4 heterocycles. The van der Waals surface area contributed by atoms with Gasteiger partial charge in [-0.3, -0.25) is 19.6 Å². The van der Waals surface area contributed by atoms with Gasteiger partial charge in [0.25, 0.3) is 11.8 Å². The van der Waals surface area contributed by atoms with Gasteiger partial charge in [0, 0.05) is 48.8 Å². The average Bonchev–Trinajstić information content (AvgIpc) is 3.61. The number of ether oxygens (including phenoxy) is 1. The number of carbonyl (C=O) groups excluding carboxylic acids is 3. The van der Waals surface area contributed by atoms with Gasteiger partial charge in [-0.2, -0.15) is 5.10 Å². The van der Waals surface area contributed by atoms with Crippen LogP contribution in [0.15, 0.2) is 46.9 Å². The van der Waals surface area contributed by atoms with Crippen molar-refractivity contribution in [2.75, 3.05) is 13.7 Å². The van der Waals surface area contributed by atoms with Crippen molar-refractivity contribution in [3.63, 3.8) is 0 Å². The molecule has 2 aliphatic heterocycles. The Morgan fingerprint density at radius 1 is 1.11 bits per heavy atom. The van der Waals surface area contributed by atoms with Crippen molar-refractivity contribution in [2.45, 2.75) is 32.4 Å². The van der Waals surface area contributed by atoms with E-state index in [-0.39, 0.29) is 18.9 Å². The minimum absolute atomic E-state index is 0.143. The molecule has 38 heavy (non-hydrogen) atoms. The lowest BCUT2D eigenvalue weighted by Crippen LogP contribution is -2.46. The Bertz CT molecular complexity index is 1650. The number of imide groups is 1. The number of fused-ring (bicyclic) bond motifs is 2. The average molecular weight is 514 g/mol. The van der Waals surface area contributed by atoms with Crippen LogP contribution in [0.3, 0.4) is 0 Å². The minimum atomic E-state index is -1.44. The molecule has 1 fully saturated rings. The molecule has 0 spiro atoms. The van der Waals surface area contributed by atoms with Gasteiger partial charge in [-0.05, 0) is 55.3 Å². The number of aromatic nitrogens is 2. The van der Waals surface area contributed by atoms with Crippen molar-refractivity contribution in [1.82, 2.24) is 25.3 Å². The fourth-order valence-corrected chi connectivity index (χ4v) is 5.52. The molecule has 4 aromatic rings. The highest BCUT2D eigenvalue weighted by molar-refractivity contribution is 6.07. The van der Waals surface area contributed by atoms with E-state index in [1.54, 1.807) is 24.1 Å². The molecule has 10 heteroatoms. The van der Waals surface area contributed by atoms with Gasteiger partial charge in [-0.25, -0.2) is 4.79 Å². The third kappa shape index (κ3) is 3.55. The lowest BCUT2D eigenvalue weighted by molar-refractivity contribution is -0.125. The fourth-order valence-electron chi connectivity index (χ4n) is 5.52. The minimum Gasteiger partial charge on any atom is -0.497 e. The number of methoxy groups -OCH3 is 1. The molecule has 0 bridgehead atoms. The van der Waals surface area contributed by atoms with Crippen molar-refractivity contribution in [1.29, 1.82) is 0 Å². The molecule has 2 aromatic heterocycles. The zero-order chi connectivity index (χ0) is 26.8. The van der Waals surface area contributed by atoms with Crippen LogP contribution in [0.4, 0.5) is 4.79 Å². The van der Waals surface area contributed by atoms with E-state index in [9.17, 15) is 14.4 Å². The highest BCUT2D eigenvalue weighted by Crippen LogP contribution is 2.37. The van der Waals surface area contributed by atoms with Crippen LogP contribution in [0.2, 0.25) is 0 Å². The summed E-state index contributed by atoms with van der Waals surface area (Å²) in [6, 6.07) is 12.4. The van der Waals surface area contributed by atoms with E-state index in [1.165, 1.54) is 0 Å². The number of rotatable bonds is 6. The van der Waals surface area contributed by atoms with Gasteiger partial charge in [-0.15, -0.1) is 0 Å². The summed E-state index contributed by atoms with van der Waals surface area (Å²) in [6.45, 7) is 4.63. The summed E-state index contributed by atoms with van der Waals surface area (Å²) in [4.78, 5) is 40.2. The second-order valence-corrected chi connectivity index (χ2v) is 9.85. The van der Waals surface area contributed by atoms with Crippen LogP contribution < -0.4 is 15.4 Å². The van der Waals surface area contributed by atoms with Crippen LogP contribution in [0.5, 0.6) is 5.75 Å². The number of nitrogens with zero attached hydrogens (tertiary/aromatic N) is 3. The van der Waals surface area contributed by atoms with Crippen molar-refractivity contribution in [3.8, 4) is 16.9 Å². The number of hydrogen-bond donors (Lipinski definition) is 2. The van der Waals surface area contributed by atoms with Crippen LogP contribution in [0.1, 0.15) is 39.5 Å². The third-order valence-electron chi connectivity index (χ3n) is 7.63. The highest BCUT2D eigenvalue weighted by atomic mass is 16.5. The second-order valence-electron chi connectivity index (χ2n) is 9.85. The standard InChI is InChI=1S/C28H27N5O5/c1-15-24(16(2)32(3)31-15)17-6-8-22-19(11-17)12-23(38-22)28(26(35)29-27(36)30-28)9-10-33-14-18-5-7-20(37-4)13-21(18)25(33)34/h5-8,11-13H,9-10,14H2,1-4H3,(H2,29,30,35,36)/t28-/m0/s1. The zero-order valence-electron chi connectivity index (χ0n) is 21.5. The molecule has 4 amide bonds. The van der Waals surface area contributed by atoms with Gasteiger partial charge in [0.1, 0.15) is 17.1 Å². The number of nitrogens with one attached hydrogen (secondary N) is 2. The van der Waals surface area contributed by atoms with E-state index in [0.29, 0.717) is 29.2 Å². The molecule has 6 rings (SSSR count). The smallest absolute Gasteiger partial charge is 0.322 e. The maximum Gasteiger partial charge on any atom is 0.322 e. The molecule has 0 saturated carbocycles. The summed E-state index contributed by atoms with van der Waals surface area (Å²) >= 11 is 0. The molecule has 2 aliphatic rings. The summed E-state index contributed by atoms with van der Waals surface area (Å²) < 4.78 is 13.2. The van der Waals surface area contributed by atoms with Crippen LogP contribution in [0, 0.1) is 13.8 Å². The summed E-state index contributed by atoms with van der Waals surface area (Å²) in [5.74, 6) is 0.274. The Labute approximate surface area is 218 Å². The molecule has 194 valence electrons. The van der Waals surface area contributed by atoms with Crippen molar-refractivity contribution >= 4 is 28.8 Å². The van der Waals surface area contributed by atoms with Gasteiger partial charge in [0.2, 0.25) is 0 Å². The van der Waals surface area contributed by atoms with E-state index >= 15 is 0 Å². The first kappa shape index (κ1) is 23.8. The predicted molar refractivity (Wildman–Crippen MR) is 139 cm³/mol. The summed E-state index contributed by atoms with van der Waals surface area (Å²) in [5, 5.41) is 10.4. The molecule has 2 N–H and O–H groups in total. The highest BCUT2D eigenvalue weighted by Gasteiger charge is 2.50. The zero-order valence-corrected chi connectivity index (χ0v) is 21.5. The van der Waals surface area contributed by atoms with E-state index in [0.717, 1.165) is 33.5 Å².